The standard InChI is InChI=1S/C24H27F3N4OS/c1-23(9-13-6-14-8-15(10-23)17(14)7-13)29-22(32)18-12-33-20(28-18)11-31-19-5-3-2-4-16(19)21(30-31)24(25,26)27/h10,12-14,17H,2-9,11H2,1H3,(H,29,32)/t13?,14-,17?,23-/m1/s1. The van der Waals surface area contributed by atoms with Crippen LogP contribution in [0.2, 0.25) is 0 Å². The Bertz CT molecular complexity index is 1150. The number of halogens is 3. The molecule has 1 amide bonds. The number of hydrogen-bond acceptors (Lipinski definition) is 4. The number of alkyl halides is 3. The fraction of sp³-hybridized carbons (Fsp3) is 0.625. The first-order chi connectivity index (χ1) is 15.7. The molecule has 2 aromatic rings. The van der Waals surface area contributed by atoms with Gasteiger partial charge in [0, 0.05) is 16.6 Å². The molecule has 2 heterocycles. The fourth-order valence-electron chi connectivity index (χ4n) is 6.67. The Hall–Kier alpha value is -2.16. The van der Waals surface area contributed by atoms with E-state index in [1.54, 1.807) is 5.38 Å². The molecular weight excluding hydrogens is 449 g/mol. The zero-order valence-electron chi connectivity index (χ0n) is 18.5. The van der Waals surface area contributed by atoms with Crippen LogP contribution in [0.1, 0.15) is 77.9 Å². The fourth-order valence-corrected chi connectivity index (χ4v) is 7.43. The van der Waals surface area contributed by atoms with E-state index in [0.717, 1.165) is 31.1 Å². The number of allylic oxidation sites excluding steroid dienone is 1. The SMILES string of the molecule is C[C@]1(NC(=O)c2csc(Cn3nc(C(F)(F)F)c4c3CCCC4)n2)C=C2C[C@H]3CC(CC23)C1. The van der Waals surface area contributed by atoms with Gasteiger partial charge in [-0.05, 0) is 76.0 Å². The van der Waals surface area contributed by atoms with Crippen LogP contribution in [-0.2, 0) is 25.6 Å². The van der Waals surface area contributed by atoms with Crippen molar-refractivity contribution in [2.45, 2.75) is 76.6 Å². The van der Waals surface area contributed by atoms with Crippen molar-refractivity contribution in [2.75, 3.05) is 0 Å². The van der Waals surface area contributed by atoms with Crippen molar-refractivity contribution in [3.63, 3.8) is 0 Å². The van der Waals surface area contributed by atoms with Crippen LogP contribution in [0.4, 0.5) is 13.2 Å². The Balaban J connectivity index is 1.20. The second-order valence-corrected chi connectivity index (χ2v) is 11.4. The van der Waals surface area contributed by atoms with Crippen LogP contribution in [0.15, 0.2) is 17.0 Å². The number of aromatic nitrogens is 3. The maximum atomic E-state index is 13.5. The van der Waals surface area contributed by atoms with Crippen molar-refractivity contribution in [3.05, 3.63) is 44.7 Å². The van der Waals surface area contributed by atoms with E-state index in [1.807, 2.05) is 0 Å². The van der Waals surface area contributed by atoms with Gasteiger partial charge in [0.15, 0.2) is 5.69 Å². The molecule has 0 spiro atoms. The Labute approximate surface area is 194 Å². The summed E-state index contributed by atoms with van der Waals surface area (Å²) >= 11 is 1.30. The van der Waals surface area contributed by atoms with Crippen LogP contribution >= 0.6 is 11.3 Å². The molecule has 0 saturated heterocycles. The maximum absolute atomic E-state index is 13.5. The molecule has 33 heavy (non-hydrogen) atoms. The zero-order valence-corrected chi connectivity index (χ0v) is 19.4. The van der Waals surface area contributed by atoms with Gasteiger partial charge in [-0.1, -0.05) is 11.6 Å². The van der Waals surface area contributed by atoms with Crippen molar-refractivity contribution in [1.29, 1.82) is 0 Å². The summed E-state index contributed by atoms with van der Waals surface area (Å²) in [5, 5.41) is 9.40. The topological polar surface area (TPSA) is 59.8 Å². The van der Waals surface area contributed by atoms with Crippen molar-refractivity contribution < 1.29 is 18.0 Å². The zero-order chi connectivity index (χ0) is 23.0. The van der Waals surface area contributed by atoms with E-state index < -0.39 is 11.9 Å². The van der Waals surface area contributed by atoms with Gasteiger partial charge in [-0.2, -0.15) is 18.3 Å². The molecule has 2 bridgehead atoms. The molecule has 4 aliphatic carbocycles. The summed E-state index contributed by atoms with van der Waals surface area (Å²) in [6.07, 6.45) is 5.06. The highest BCUT2D eigenvalue weighted by Gasteiger charge is 2.49. The molecule has 2 fully saturated rings. The molecule has 5 nitrogen and oxygen atoms in total. The lowest BCUT2D eigenvalue weighted by Gasteiger charge is -2.39. The Morgan fingerprint density at radius 1 is 1.30 bits per heavy atom. The monoisotopic (exact) mass is 476 g/mol. The minimum atomic E-state index is -4.46. The van der Waals surface area contributed by atoms with Crippen LogP contribution < -0.4 is 5.32 Å². The first-order valence-electron chi connectivity index (χ1n) is 11.8. The average Bonchev–Trinajstić information content (AvgIpc) is 3.41. The van der Waals surface area contributed by atoms with Gasteiger partial charge in [0.1, 0.15) is 10.7 Å². The van der Waals surface area contributed by atoms with Crippen LogP contribution in [0.3, 0.4) is 0 Å². The van der Waals surface area contributed by atoms with Crippen molar-refractivity contribution in [3.8, 4) is 0 Å². The van der Waals surface area contributed by atoms with Gasteiger partial charge >= 0.3 is 6.18 Å². The van der Waals surface area contributed by atoms with Gasteiger partial charge in [0.2, 0.25) is 0 Å². The number of nitrogens with one attached hydrogen (secondary N) is 1. The molecule has 176 valence electrons. The molecule has 2 saturated carbocycles. The van der Waals surface area contributed by atoms with E-state index in [2.05, 4.69) is 28.4 Å². The second-order valence-electron chi connectivity index (χ2n) is 10.5. The first-order valence-corrected chi connectivity index (χ1v) is 12.7. The Morgan fingerprint density at radius 2 is 2.12 bits per heavy atom. The normalized spacial score (nSPS) is 30.3. The number of carbonyl (C=O) groups excluding carboxylic acids is 1. The quantitative estimate of drug-likeness (QED) is 0.621. The van der Waals surface area contributed by atoms with E-state index in [9.17, 15) is 18.0 Å². The van der Waals surface area contributed by atoms with Crippen molar-refractivity contribution >= 4 is 17.2 Å². The maximum Gasteiger partial charge on any atom is 0.435 e. The number of carbonyl (C=O) groups is 1. The van der Waals surface area contributed by atoms with E-state index >= 15 is 0 Å². The number of fused-ring (bicyclic) bond motifs is 2. The van der Waals surface area contributed by atoms with Crippen LogP contribution in [-0.4, -0.2) is 26.2 Å². The average molecular weight is 477 g/mol. The van der Waals surface area contributed by atoms with E-state index in [0.29, 0.717) is 40.7 Å². The van der Waals surface area contributed by atoms with E-state index in [4.69, 9.17) is 0 Å². The first kappa shape index (κ1) is 21.4. The van der Waals surface area contributed by atoms with Gasteiger partial charge in [-0.25, -0.2) is 4.98 Å². The minimum absolute atomic E-state index is 0.156. The highest BCUT2D eigenvalue weighted by molar-refractivity contribution is 7.09. The van der Waals surface area contributed by atoms with Crippen LogP contribution in [0, 0.1) is 17.8 Å². The molecule has 2 unspecified atom stereocenters. The molecule has 2 aromatic heterocycles. The van der Waals surface area contributed by atoms with Gasteiger partial charge in [-0.3, -0.25) is 9.48 Å². The Kier molecular flexibility index (Phi) is 4.81. The predicted molar refractivity (Wildman–Crippen MR) is 118 cm³/mol. The summed E-state index contributed by atoms with van der Waals surface area (Å²) in [5.41, 5.74) is 1.65. The summed E-state index contributed by atoms with van der Waals surface area (Å²) in [5.74, 6) is 2.01. The van der Waals surface area contributed by atoms with Gasteiger partial charge in [0.05, 0.1) is 12.1 Å². The number of hydrogen-bond donors (Lipinski definition) is 1. The molecule has 9 heteroatoms. The third kappa shape index (κ3) is 3.72. The molecule has 0 aliphatic heterocycles. The van der Waals surface area contributed by atoms with E-state index in [-0.39, 0.29) is 18.0 Å². The number of amides is 1. The van der Waals surface area contributed by atoms with Gasteiger partial charge in [-0.15, -0.1) is 11.3 Å². The van der Waals surface area contributed by atoms with Gasteiger partial charge < -0.3 is 5.32 Å². The Morgan fingerprint density at radius 3 is 2.94 bits per heavy atom. The second kappa shape index (κ2) is 7.42. The summed E-state index contributed by atoms with van der Waals surface area (Å²) < 4.78 is 41.8. The number of thiazole rings is 1. The third-order valence-electron chi connectivity index (χ3n) is 7.98. The minimum Gasteiger partial charge on any atom is -0.342 e. The predicted octanol–water partition coefficient (Wildman–Crippen LogP) is 5.15. The lowest BCUT2D eigenvalue weighted by atomic mass is 9.69. The largest absolute Gasteiger partial charge is 0.435 e. The summed E-state index contributed by atoms with van der Waals surface area (Å²) in [6, 6.07) is 0. The van der Waals surface area contributed by atoms with Crippen molar-refractivity contribution in [1.82, 2.24) is 20.1 Å². The molecular formula is C24H27F3N4OS. The number of nitrogens with zero attached hydrogens (tertiary/aromatic N) is 3. The van der Waals surface area contributed by atoms with Gasteiger partial charge in [0.25, 0.3) is 5.91 Å². The summed E-state index contributed by atoms with van der Waals surface area (Å²) in [6.45, 7) is 2.25. The van der Waals surface area contributed by atoms with Crippen LogP contribution in [0.25, 0.3) is 0 Å². The summed E-state index contributed by atoms with van der Waals surface area (Å²) in [4.78, 5) is 17.5. The van der Waals surface area contributed by atoms with Crippen molar-refractivity contribution in [2.24, 2.45) is 17.8 Å². The number of rotatable bonds is 4. The third-order valence-corrected chi connectivity index (χ3v) is 8.81. The highest BCUT2D eigenvalue weighted by atomic mass is 32.1. The van der Waals surface area contributed by atoms with Crippen LogP contribution in [0.5, 0.6) is 0 Å². The lowest BCUT2D eigenvalue weighted by Crippen LogP contribution is -2.46. The lowest BCUT2D eigenvalue weighted by molar-refractivity contribution is -0.142. The molecule has 0 radical (unpaired) electrons. The smallest absolute Gasteiger partial charge is 0.342 e. The molecule has 4 atom stereocenters. The molecule has 1 N–H and O–H groups in total. The molecule has 6 rings (SSSR count). The molecule has 4 aliphatic rings. The summed E-state index contributed by atoms with van der Waals surface area (Å²) in [7, 11) is 0. The van der Waals surface area contributed by atoms with E-state index in [1.165, 1.54) is 40.9 Å². The molecule has 0 aromatic carbocycles. The highest BCUT2D eigenvalue weighted by Crippen LogP contribution is 2.57.